The summed E-state index contributed by atoms with van der Waals surface area (Å²) in [5.74, 6) is -1.07. The molecule has 0 heterocycles. The molecule has 0 aromatic carbocycles. The van der Waals surface area contributed by atoms with Gasteiger partial charge in [0.05, 0.1) is 6.54 Å². The number of thioether (sulfide) groups is 1. The summed E-state index contributed by atoms with van der Waals surface area (Å²) in [4.78, 5) is 19.3. The molecular formula is C7H16N2O4S. The summed E-state index contributed by atoms with van der Waals surface area (Å²) in [6, 6.07) is -0.683. The molecule has 0 spiro atoms. The third-order valence-electron chi connectivity index (χ3n) is 1.12. The predicted molar refractivity (Wildman–Crippen MR) is 55.3 cm³/mol. The number of nitrogens with two attached hydrogens (primary N) is 2. The maximum Gasteiger partial charge on any atom is 0.320 e. The molecule has 0 bridgehead atoms. The number of aliphatic carboxylic acids is 2. The first kappa shape index (κ1) is 15.7. The zero-order chi connectivity index (χ0) is 11.6. The van der Waals surface area contributed by atoms with Crippen LogP contribution in [0.25, 0.3) is 0 Å². The molecule has 6 N–H and O–H groups in total. The number of rotatable bonds is 5. The van der Waals surface area contributed by atoms with Crippen molar-refractivity contribution in [2.24, 2.45) is 11.5 Å². The number of hydrogen-bond acceptors (Lipinski definition) is 5. The van der Waals surface area contributed by atoms with Gasteiger partial charge in [-0.25, -0.2) is 0 Å². The van der Waals surface area contributed by atoms with Gasteiger partial charge < -0.3 is 21.7 Å². The average molecular weight is 224 g/mol. The zero-order valence-electron chi connectivity index (χ0n) is 7.97. The van der Waals surface area contributed by atoms with Crippen LogP contribution >= 0.6 is 11.8 Å². The smallest absolute Gasteiger partial charge is 0.320 e. The zero-order valence-corrected chi connectivity index (χ0v) is 8.79. The van der Waals surface area contributed by atoms with E-state index in [4.69, 9.17) is 15.9 Å². The van der Waals surface area contributed by atoms with E-state index in [0.29, 0.717) is 6.42 Å². The van der Waals surface area contributed by atoms with Crippen LogP contribution in [0.3, 0.4) is 0 Å². The fraction of sp³-hybridized carbons (Fsp3) is 0.714. The molecule has 84 valence electrons. The molecule has 0 amide bonds. The Morgan fingerprint density at radius 2 is 1.86 bits per heavy atom. The number of carboxylic acid groups (broad SMARTS) is 2. The van der Waals surface area contributed by atoms with Gasteiger partial charge in [-0.05, 0) is 18.4 Å². The van der Waals surface area contributed by atoms with Crippen molar-refractivity contribution >= 4 is 23.7 Å². The van der Waals surface area contributed by atoms with Crippen molar-refractivity contribution in [2.75, 3.05) is 18.6 Å². The Balaban J connectivity index is 0. The van der Waals surface area contributed by atoms with Crippen LogP contribution in [0, 0.1) is 0 Å². The molecule has 0 aliphatic carbocycles. The van der Waals surface area contributed by atoms with Gasteiger partial charge in [-0.3, -0.25) is 9.59 Å². The summed E-state index contributed by atoms with van der Waals surface area (Å²) >= 11 is 1.60. The van der Waals surface area contributed by atoms with E-state index < -0.39 is 18.0 Å². The molecule has 0 saturated carbocycles. The molecule has 0 aliphatic heterocycles. The van der Waals surface area contributed by atoms with Gasteiger partial charge in [0, 0.05) is 0 Å². The minimum atomic E-state index is -0.968. The minimum Gasteiger partial charge on any atom is -0.480 e. The van der Waals surface area contributed by atoms with E-state index in [2.05, 4.69) is 5.73 Å². The van der Waals surface area contributed by atoms with Gasteiger partial charge in [-0.1, -0.05) is 0 Å². The van der Waals surface area contributed by atoms with E-state index >= 15 is 0 Å². The highest BCUT2D eigenvalue weighted by Gasteiger charge is 2.08. The van der Waals surface area contributed by atoms with Crippen molar-refractivity contribution in [1.29, 1.82) is 0 Å². The van der Waals surface area contributed by atoms with Crippen LogP contribution in [0.15, 0.2) is 0 Å². The van der Waals surface area contributed by atoms with Crippen LogP contribution < -0.4 is 11.5 Å². The van der Waals surface area contributed by atoms with E-state index in [1.807, 2.05) is 6.26 Å². The fourth-order valence-corrected chi connectivity index (χ4v) is 0.858. The second-order valence-electron chi connectivity index (χ2n) is 2.32. The Morgan fingerprint density at radius 1 is 1.43 bits per heavy atom. The lowest BCUT2D eigenvalue weighted by Crippen LogP contribution is -2.30. The highest BCUT2D eigenvalue weighted by Crippen LogP contribution is 1.97. The van der Waals surface area contributed by atoms with E-state index in [1.165, 1.54) is 0 Å². The number of hydrogen-bond donors (Lipinski definition) is 4. The molecule has 7 heteroatoms. The summed E-state index contributed by atoms with van der Waals surface area (Å²) in [6.45, 7) is -0.278. The molecule has 0 aromatic heterocycles. The predicted octanol–water partition coefficient (Wildman–Crippen LogP) is -0.819. The molecule has 0 unspecified atom stereocenters. The maximum atomic E-state index is 10.1. The molecule has 0 fully saturated rings. The molecule has 1 atom stereocenters. The highest BCUT2D eigenvalue weighted by molar-refractivity contribution is 7.98. The van der Waals surface area contributed by atoms with Crippen molar-refractivity contribution in [3.05, 3.63) is 0 Å². The van der Waals surface area contributed by atoms with E-state index in [9.17, 15) is 9.59 Å². The number of carbonyl (C=O) groups is 2. The summed E-state index contributed by atoms with van der Waals surface area (Å²) in [5, 5.41) is 15.9. The van der Waals surface area contributed by atoms with Crippen LogP contribution in [0.5, 0.6) is 0 Å². The largest absolute Gasteiger partial charge is 0.480 e. The van der Waals surface area contributed by atoms with Gasteiger partial charge in [0.25, 0.3) is 0 Å². The fourth-order valence-electron chi connectivity index (χ4n) is 0.368. The highest BCUT2D eigenvalue weighted by atomic mass is 32.2. The second kappa shape index (κ2) is 10.3. The second-order valence-corrected chi connectivity index (χ2v) is 3.31. The van der Waals surface area contributed by atoms with Crippen LogP contribution in [0.1, 0.15) is 6.42 Å². The lowest BCUT2D eigenvalue weighted by molar-refractivity contribution is -0.138. The Hall–Kier alpha value is -0.790. The molecule has 0 aromatic rings. The van der Waals surface area contributed by atoms with Crippen LogP contribution in [0.4, 0.5) is 0 Å². The van der Waals surface area contributed by atoms with Gasteiger partial charge >= 0.3 is 11.9 Å². The third-order valence-corrected chi connectivity index (χ3v) is 1.77. The van der Waals surface area contributed by atoms with E-state index in [1.54, 1.807) is 11.8 Å². The van der Waals surface area contributed by atoms with E-state index in [0.717, 1.165) is 5.75 Å². The molecule has 0 rings (SSSR count). The van der Waals surface area contributed by atoms with Crippen LogP contribution in [-0.4, -0.2) is 46.7 Å². The molecule has 0 aliphatic rings. The van der Waals surface area contributed by atoms with Crippen molar-refractivity contribution in [2.45, 2.75) is 12.5 Å². The molecular weight excluding hydrogens is 208 g/mol. The molecule has 0 saturated heterocycles. The average Bonchev–Trinajstić information content (AvgIpc) is 2.14. The third kappa shape index (κ3) is 13.8. The summed E-state index contributed by atoms with van der Waals surface area (Å²) < 4.78 is 0. The molecule has 0 radical (unpaired) electrons. The first-order valence-electron chi connectivity index (χ1n) is 3.84. The summed E-state index contributed by atoms with van der Waals surface area (Å²) in [7, 11) is 0. The Labute approximate surface area is 86.6 Å². The van der Waals surface area contributed by atoms with Gasteiger partial charge in [-0.2, -0.15) is 11.8 Å². The topological polar surface area (TPSA) is 127 Å². The lowest BCUT2D eigenvalue weighted by atomic mass is 10.2. The minimum absolute atomic E-state index is 0.278. The van der Waals surface area contributed by atoms with Gasteiger partial charge in [0.1, 0.15) is 6.04 Å². The first-order valence-corrected chi connectivity index (χ1v) is 5.24. The Morgan fingerprint density at radius 3 is 2.07 bits per heavy atom. The summed E-state index contributed by atoms with van der Waals surface area (Å²) in [6.07, 6.45) is 2.48. The monoisotopic (exact) mass is 224 g/mol. The maximum absolute atomic E-state index is 10.1. The summed E-state index contributed by atoms with van der Waals surface area (Å²) in [5.41, 5.74) is 9.76. The van der Waals surface area contributed by atoms with Gasteiger partial charge in [0.15, 0.2) is 0 Å². The standard InChI is InChI=1S/C5H11NO2S.C2H5NO2/c1-9-3-2-4(6)5(7)8;3-1-2(4)5/h4H,2-3,6H2,1H3,(H,7,8);1,3H2,(H,4,5)/t4-;/m0./s1. The number of carboxylic acids is 2. The van der Waals surface area contributed by atoms with Crippen molar-refractivity contribution in [1.82, 2.24) is 0 Å². The van der Waals surface area contributed by atoms with Gasteiger partial charge in [-0.15, -0.1) is 0 Å². The SMILES string of the molecule is CSCC[C@H](N)C(=O)O.NCC(=O)O. The lowest BCUT2D eigenvalue weighted by Gasteiger charge is -2.02. The quantitative estimate of drug-likeness (QED) is 0.480. The normalized spacial score (nSPS) is 11.1. The van der Waals surface area contributed by atoms with Crippen LogP contribution in [-0.2, 0) is 9.59 Å². The Kier molecular flexibility index (Phi) is 11.5. The molecule has 14 heavy (non-hydrogen) atoms. The van der Waals surface area contributed by atoms with Crippen molar-refractivity contribution < 1.29 is 19.8 Å². The van der Waals surface area contributed by atoms with Crippen molar-refractivity contribution in [3.8, 4) is 0 Å². The van der Waals surface area contributed by atoms with Crippen molar-refractivity contribution in [3.63, 3.8) is 0 Å². The van der Waals surface area contributed by atoms with E-state index in [-0.39, 0.29) is 6.54 Å². The van der Waals surface area contributed by atoms with Gasteiger partial charge in [0.2, 0.25) is 0 Å². The van der Waals surface area contributed by atoms with Crippen LogP contribution in [0.2, 0.25) is 0 Å². The molecule has 6 nitrogen and oxygen atoms in total. The first-order chi connectivity index (χ1) is 6.45. The Bertz CT molecular complexity index is 177.